The molecule has 2 N–H and O–H groups in total. The second-order valence-corrected chi connectivity index (χ2v) is 8.54. The van der Waals surface area contributed by atoms with Crippen LogP contribution >= 0.6 is 0 Å². The molecular formula is C24H30BN3O6. The molecule has 0 fully saturated rings. The number of nitrogens with zero attached hydrogens (tertiary/aromatic N) is 2. The van der Waals surface area contributed by atoms with Gasteiger partial charge in [-0.1, -0.05) is 18.2 Å². The number of rotatable bonds is 9. The molecule has 0 radical (unpaired) electrons. The van der Waals surface area contributed by atoms with E-state index in [9.17, 15) is 19.4 Å². The van der Waals surface area contributed by atoms with Crippen molar-refractivity contribution in [2.75, 3.05) is 40.8 Å². The van der Waals surface area contributed by atoms with Crippen LogP contribution in [0.2, 0.25) is 0 Å². The third-order valence-electron chi connectivity index (χ3n) is 5.72. The summed E-state index contributed by atoms with van der Waals surface area (Å²) in [6.45, 7) is 3.17. The van der Waals surface area contributed by atoms with Gasteiger partial charge in [0.05, 0.1) is 6.61 Å². The number of fused-ring (bicyclic) bond motifs is 1. The molecule has 0 spiro atoms. The average Bonchev–Trinajstić information content (AvgIpc) is 3.21. The molecule has 0 aromatic heterocycles. The molecule has 0 bridgehead atoms. The van der Waals surface area contributed by atoms with E-state index in [4.69, 9.17) is 9.39 Å². The summed E-state index contributed by atoms with van der Waals surface area (Å²) in [4.78, 5) is 40.8. The molecule has 0 atom stereocenters. The van der Waals surface area contributed by atoms with Crippen LogP contribution in [-0.4, -0.2) is 80.5 Å². The molecule has 1 aliphatic heterocycles. The summed E-state index contributed by atoms with van der Waals surface area (Å²) in [6.07, 6.45) is 0. The molecule has 34 heavy (non-hydrogen) atoms. The summed E-state index contributed by atoms with van der Waals surface area (Å²) in [5.41, 5.74) is 3.72. The van der Waals surface area contributed by atoms with E-state index in [-0.39, 0.29) is 19.1 Å². The fourth-order valence-corrected chi connectivity index (χ4v) is 3.63. The van der Waals surface area contributed by atoms with Crippen molar-refractivity contribution in [3.8, 4) is 0 Å². The van der Waals surface area contributed by atoms with E-state index < -0.39 is 19.0 Å². The topological polar surface area (TPSA) is 108 Å². The predicted molar refractivity (Wildman–Crippen MR) is 128 cm³/mol. The lowest BCUT2D eigenvalue weighted by molar-refractivity contribution is -0.143. The van der Waals surface area contributed by atoms with E-state index in [1.165, 1.54) is 0 Å². The van der Waals surface area contributed by atoms with Crippen molar-refractivity contribution in [3.05, 3.63) is 64.2 Å². The number of likely N-dealkylation sites (N-methyl/N-ethyl adjacent to an activating group) is 2. The van der Waals surface area contributed by atoms with E-state index in [2.05, 4.69) is 5.32 Å². The van der Waals surface area contributed by atoms with Crippen LogP contribution in [0.3, 0.4) is 0 Å². The van der Waals surface area contributed by atoms with Gasteiger partial charge in [-0.15, -0.1) is 0 Å². The molecule has 1 heterocycles. The van der Waals surface area contributed by atoms with Crippen molar-refractivity contribution >= 4 is 30.4 Å². The standard InChI is InChI=1S/C24H30BN3O6/c1-16-20(10-9-19-15-34-25(32)22(16)19)23(30)26-13-21(29)33-14-17-5-7-18(8-6-17)24(31)28(4)12-11-27(2)3/h5-10,32H,11-15H2,1-4H3,(H,26,30). The molecule has 0 aliphatic carbocycles. The molecule has 9 nitrogen and oxygen atoms in total. The summed E-state index contributed by atoms with van der Waals surface area (Å²) in [5, 5.41) is 12.5. The molecule has 2 aromatic rings. The second kappa shape index (κ2) is 11.3. The maximum atomic E-state index is 12.5. The molecule has 10 heteroatoms. The highest BCUT2D eigenvalue weighted by Crippen LogP contribution is 2.16. The first-order valence-electron chi connectivity index (χ1n) is 11.0. The Morgan fingerprint density at radius 2 is 1.79 bits per heavy atom. The number of amides is 2. The van der Waals surface area contributed by atoms with Gasteiger partial charge in [-0.3, -0.25) is 14.4 Å². The van der Waals surface area contributed by atoms with Crippen molar-refractivity contribution in [1.29, 1.82) is 0 Å². The van der Waals surface area contributed by atoms with Crippen LogP contribution in [0.25, 0.3) is 0 Å². The Balaban J connectivity index is 1.47. The summed E-state index contributed by atoms with van der Waals surface area (Å²) < 4.78 is 10.4. The van der Waals surface area contributed by atoms with Gasteiger partial charge in [0.1, 0.15) is 13.2 Å². The van der Waals surface area contributed by atoms with Crippen molar-refractivity contribution in [3.63, 3.8) is 0 Å². The first-order valence-corrected chi connectivity index (χ1v) is 11.0. The summed E-state index contributed by atoms with van der Waals surface area (Å²) >= 11 is 0. The minimum Gasteiger partial charge on any atom is -0.460 e. The first kappa shape index (κ1) is 25.4. The van der Waals surface area contributed by atoms with Crippen molar-refractivity contribution in [2.45, 2.75) is 20.1 Å². The van der Waals surface area contributed by atoms with E-state index >= 15 is 0 Å². The number of carbonyl (C=O) groups is 3. The van der Waals surface area contributed by atoms with Gasteiger partial charge in [-0.05, 0) is 61.4 Å². The zero-order valence-corrected chi connectivity index (χ0v) is 20.0. The van der Waals surface area contributed by atoms with E-state index in [0.29, 0.717) is 35.3 Å². The van der Waals surface area contributed by atoms with Gasteiger partial charge in [-0.2, -0.15) is 0 Å². The maximum Gasteiger partial charge on any atom is 0.492 e. The third-order valence-corrected chi connectivity index (χ3v) is 5.72. The average molecular weight is 467 g/mol. The maximum absolute atomic E-state index is 12.5. The summed E-state index contributed by atoms with van der Waals surface area (Å²) in [7, 11) is 4.62. The zero-order chi connectivity index (χ0) is 24.8. The van der Waals surface area contributed by atoms with Gasteiger partial charge in [-0.25, -0.2) is 0 Å². The number of hydrogen-bond acceptors (Lipinski definition) is 7. The molecule has 0 saturated carbocycles. The normalized spacial score (nSPS) is 12.5. The predicted octanol–water partition coefficient (Wildman–Crippen LogP) is 0.320. The number of benzene rings is 2. The first-order chi connectivity index (χ1) is 16.2. The fraction of sp³-hybridized carbons (Fsp3) is 0.375. The highest BCUT2D eigenvalue weighted by Gasteiger charge is 2.31. The molecule has 1 aliphatic rings. The van der Waals surface area contributed by atoms with Crippen LogP contribution in [0.15, 0.2) is 36.4 Å². The SMILES string of the molecule is Cc1c(C(=O)NCC(=O)OCc2ccc(C(=O)N(C)CCN(C)C)cc2)ccc2c1B(O)OC2. The van der Waals surface area contributed by atoms with Crippen LogP contribution in [0.5, 0.6) is 0 Å². The minimum atomic E-state index is -1.05. The van der Waals surface area contributed by atoms with Crippen LogP contribution in [-0.2, 0) is 27.4 Å². The highest BCUT2D eigenvalue weighted by atomic mass is 16.5. The fourth-order valence-electron chi connectivity index (χ4n) is 3.63. The quantitative estimate of drug-likeness (QED) is 0.404. The smallest absolute Gasteiger partial charge is 0.460 e. The number of esters is 1. The zero-order valence-electron chi connectivity index (χ0n) is 20.0. The van der Waals surface area contributed by atoms with E-state index in [1.807, 2.05) is 19.0 Å². The summed E-state index contributed by atoms with van der Waals surface area (Å²) in [6, 6.07) is 10.3. The number of hydrogen-bond donors (Lipinski definition) is 2. The molecule has 3 rings (SSSR count). The molecule has 2 amide bonds. The largest absolute Gasteiger partial charge is 0.492 e. The Kier molecular flexibility index (Phi) is 8.43. The lowest BCUT2D eigenvalue weighted by Gasteiger charge is -2.19. The molecule has 2 aromatic carbocycles. The molecular weight excluding hydrogens is 437 g/mol. The molecule has 0 unspecified atom stereocenters. The number of nitrogens with one attached hydrogen (secondary N) is 1. The number of ether oxygens (including phenoxy) is 1. The van der Waals surface area contributed by atoms with Gasteiger partial charge >= 0.3 is 13.1 Å². The highest BCUT2D eigenvalue weighted by molar-refractivity contribution is 6.62. The Labute approximate surface area is 199 Å². The van der Waals surface area contributed by atoms with E-state index in [1.54, 1.807) is 55.3 Å². The molecule has 180 valence electrons. The van der Waals surface area contributed by atoms with Crippen molar-refractivity contribution in [1.82, 2.24) is 15.1 Å². The van der Waals surface area contributed by atoms with Crippen LogP contribution in [0.1, 0.15) is 37.4 Å². The van der Waals surface area contributed by atoms with Crippen LogP contribution < -0.4 is 10.8 Å². The monoisotopic (exact) mass is 467 g/mol. The van der Waals surface area contributed by atoms with Crippen LogP contribution in [0.4, 0.5) is 0 Å². The Hall–Kier alpha value is -3.21. The van der Waals surface area contributed by atoms with Crippen LogP contribution in [0, 0.1) is 6.92 Å². The Morgan fingerprint density at radius 1 is 1.09 bits per heavy atom. The van der Waals surface area contributed by atoms with Gasteiger partial charge in [0.15, 0.2) is 0 Å². The lowest BCUT2D eigenvalue weighted by atomic mass is 9.75. The van der Waals surface area contributed by atoms with E-state index in [0.717, 1.165) is 17.7 Å². The summed E-state index contributed by atoms with van der Waals surface area (Å²) in [5.74, 6) is -1.09. The molecule has 0 saturated heterocycles. The van der Waals surface area contributed by atoms with Crippen molar-refractivity contribution in [2.24, 2.45) is 0 Å². The minimum absolute atomic E-state index is 0.0288. The van der Waals surface area contributed by atoms with Gasteiger partial charge in [0, 0.05) is 31.3 Å². The second-order valence-electron chi connectivity index (χ2n) is 8.54. The lowest BCUT2D eigenvalue weighted by Crippen LogP contribution is -2.35. The number of carbonyl (C=O) groups excluding carboxylic acids is 3. The van der Waals surface area contributed by atoms with Crippen molar-refractivity contribution < 1.29 is 28.8 Å². The van der Waals surface area contributed by atoms with Gasteiger partial charge in [0.2, 0.25) is 0 Å². The van der Waals surface area contributed by atoms with Gasteiger partial charge < -0.3 is 29.5 Å². The Morgan fingerprint density at radius 3 is 2.47 bits per heavy atom. The Bertz CT molecular complexity index is 1060. The third kappa shape index (κ3) is 6.22. The van der Waals surface area contributed by atoms with Gasteiger partial charge in [0.25, 0.3) is 11.8 Å².